The molecule has 0 spiro atoms. The van der Waals surface area contributed by atoms with Gasteiger partial charge in [-0.05, 0) is 6.08 Å². The molecule has 1 rings (SSSR count). The molecule has 0 radical (unpaired) electrons. The molecular weight excluding hydrogens is 208 g/mol. The topological polar surface area (TPSA) is 151 Å². The van der Waals surface area contributed by atoms with Crippen LogP contribution in [-0.2, 0) is 0 Å². The first-order chi connectivity index (χ1) is 6.99. The molecule has 0 fully saturated rings. The quantitative estimate of drug-likeness (QED) is 0.297. The molecule has 0 bridgehead atoms. The molecule has 1 unspecified atom stereocenters. The minimum absolute atomic E-state index is 0.562. The summed E-state index contributed by atoms with van der Waals surface area (Å²) in [4.78, 5) is 8.84. The highest BCUT2D eigenvalue weighted by Crippen LogP contribution is 2.15. The third-order valence-corrected chi connectivity index (χ3v) is 1.83. The Morgan fingerprint density at radius 2 is 2.07 bits per heavy atom. The molecule has 0 saturated carbocycles. The second kappa shape index (κ2) is 3.94. The average Bonchev–Trinajstić information content (AvgIpc) is 2.15. The molecule has 0 aromatic heterocycles. The van der Waals surface area contributed by atoms with Gasteiger partial charge in [-0.15, -0.1) is 0 Å². The van der Waals surface area contributed by atoms with Gasteiger partial charge in [-0.1, -0.05) is 0 Å². The van der Waals surface area contributed by atoms with Crippen LogP contribution in [0.25, 0.3) is 0 Å². The lowest BCUT2D eigenvalue weighted by atomic mass is 10.0. The van der Waals surface area contributed by atoms with Gasteiger partial charge in [0.15, 0.2) is 5.70 Å². The Hall–Kier alpha value is -2.13. The molecule has 0 amide bonds. The number of nitrogens with two attached hydrogens (primary N) is 1. The molecule has 9 heteroatoms. The molecule has 0 heterocycles. The largest absolute Gasteiger partial charge is 0.612 e. The summed E-state index contributed by atoms with van der Waals surface area (Å²) >= 11 is 0. The lowest BCUT2D eigenvalue weighted by molar-refractivity contribution is -0.432. The van der Waals surface area contributed by atoms with Crippen molar-refractivity contribution in [3.8, 4) is 0 Å². The number of nitrogens with zero attached hydrogens (tertiary/aromatic N) is 2. The molecule has 4 N–H and O–H groups in total. The maximum Gasteiger partial charge on any atom is 0.298 e. The van der Waals surface area contributed by atoms with Gasteiger partial charge < -0.3 is 21.4 Å². The van der Waals surface area contributed by atoms with Crippen molar-refractivity contribution in [2.45, 2.75) is 6.04 Å². The number of hydrogen-bond donors (Lipinski definition) is 3. The first kappa shape index (κ1) is 10.9. The summed E-state index contributed by atoms with van der Waals surface area (Å²) in [5.41, 5.74) is 5.09. The van der Waals surface area contributed by atoms with E-state index in [1.165, 1.54) is 0 Å². The van der Waals surface area contributed by atoms with Gasteiger partial charge in [0.05, 0.1) is 4.92 Å². The van der Waals surface area contributed by atoms with Crippen LogP contribution in [0.2, 0.25) is 0 Å². The van der Waals surface area contributed by atoms with Gasteiger partial charge in [0.25, 0.3) is 11.4 Å². The number of nitro groups is 1. The van der Waals surface area contributed by atoms with Crippen molar-refractivity contribution in [3.05, 3.63) is 44.1 Å². The number of rotatable bonds is 2. The first-order valence-electron chi connectivity index (χ1n) is 3.72. The molecule has 1 aliphatic carbocycles. The fraction of sp³-hybridized carbons (Fsp3) is 0.167. The average molecular weight is 215 g/mol. The molecule has 9 nitrogen and oxygen atoms in total. The standard InChI is InChI=1S/C6H7N4O5/c7-5-4(9(12)13)2-1-3(8-11)6(5)10(14)15/h1-3,8,11H,7H2/q-1. The van der Waals surface area contributed by atoms with Crippen LogP contribution >= 0.6 is 0 Å². The van der Waals surface area contributed by atoms with Crippen molar-refractivity contribution in [1.29, 1.82) is 0 Å². The molecule has 15 heavy (non-hydrogen) atoms. The highest BCUT2D eigenvalue weighted by Gasteiger charge is 2.33. The smallest absolute Gasteiger partial charge is 0.298 e. The van der Waals surface area contributed by atoms with Crippen LogP contribution in [0.1, 0.15) is 0 Å². The van der Waals surface area contributed by atoms with E-state index in [4.69, 9.17) is 10.9 Å². The third kappa shape index (κ3) is 1.87. The predicted octanol–water partition coefficient (Wildman–Crippen LogP) is -1.20. The Bertz CT molecular complexity index is 381. The number of nitrogens with one attached hydrogen (secondary N) is 1. The van der Waals surface area contributed by atoms with E-state index < -0.39 is 33.0 Å². The van der Waals surface area contributed by atoms with E-state index >= 15 is 0 Å². The molecule has 1 aliphatic rings. The Labute approximate surface area is 83.1 Å². The zero-order valence-electron chi connectivity index (χ0n) is 7.28. The summed E-state index contributed by atoms with van der Waals surface area (Å²) in [5, 5.41) is 40.0. The van der Waals surface area contributed by atoms with Gasteiger partial charge in [-0.2, -0.15) is 10.4 Å². The monoisotopic (exact) mass is 215 g/mol. The van der Waals surface area contributed by atoms with Crippen LogP contribution in [0.5, 0.6) is 0 Å². The Balaban J connectivity index is 3.29. The van der Waals surface area contributed by atoms with Gasteiger partial charge in [0.2, 0.25) is 0 Å². The summed E-state index contributed by atoms with van der Waals surface area (Å²) in [7, 11) is 0. The van der Waals surface area contributed by atoms with E-state index in [0.29, 0.717) is 0 Å². The Morgan fingerprint density at radius 1 is 1.47 bits per heavy atom. The van der Waals surface area contributed by atoms with Crippen molar-refractivity contribution >= 4 is 5.71 Å². The Morgan fingerprint density at radius 3 is 2.47 bits per heavy atom. The maximum atomic E-state index is 10.5. The molecule has 1 atom stereocenters. The highest BCUT2D eigenvalue weighted by molar-refractivity contribution is 6.05. The van der Waals surface area contributed by atoms with Crippen molar-refractivity contribution in [3.63, 3.8) is 0 Å². The van der Waals surface area contributed by atoms with E-state index in [2.05, 4.69) is 0 Å². The van der Waals surface area contributed by atoms with E-state index in [1.807, 2.05) is 0 Å². The molecule has 0 saturated heterocycles. The summed E-state index contributed by atoms with van der Waals surface area (Å²) in [6.45, 7) is 0. The van der Waals surface area contributed by atoms with Crippen molar-refractivity contribution in [2.75, 3.05) is 0 Å². The normalized spacial score (nSPS) is 20.6. The predicted molar refractivity (Wildman–Crippen MR) is 48.1 cm³/mol. The molecule has 0 aromatic rings. The van der Waals surface area contributed by atoms with Crippen molar-refractivity contribution in [1.82, 2.24) is 5.48 Å². The van der Waals surface area contributed by atoms with Crippen LogP contribution in [0.3, 0.4) is 0 Å². The second-order valence-corrected chi connectivity index (χ2v) is 2.66. The highest BCUT2D eigenvalue weighted by atomic mass is 16.8. The lowest BCUT2D eigenvalue weighted by Crippen LogP contribution is -2.37. The summed E-state index contributed by atoms with van der Waals surface area (Å²) in [6.07, 6.45) is 2.07. The summed E-state index contributed by atoms with van der Waals surface area (Å²) in [5.74, 6) is 0. The van der Waals surface area contributed by atoms with Gasteiger partial charge in [-0.25, -0.2) is 0 Å². The number of hydrogen-bond acceptors (Lipinski definition) is 7. The van der Waals surface area contributed by atoms with Gasteiger partial charge in [0, 0.05) is 6.08 Å². The van der Waals surface area contributed by atoms with Crippen molar-refractivity contribution in [2.24, 2.45) is 5.73 Å². The zero-order valence-corrected chi connectivity index (χ0v) is 7.28. The third-order valence-electron chi connectivity index (χ3n) is 1.83. The Kier molecular flexibility index (Phi) is 2.87. The fourth-order valence-electron chi connectivity index (χ4n) is 1.14. The number of allylic oxidation sites excluding steroid dienone is 1. The summed E-state index contributed by atoms with van der Waals surface area (Å²) < 4.78 is 0. The van der Waals surface area contributed by atoms with Crippen LogP contribution in [0.15, 0.2) is 23.5 Å². The zero-order chi connectivity index (χ0) is 11.6. The van der Waals surface area contributed by atoms with Crippen LogP contribution in [0, 0.1) is 20.5 Å². The van der Waals surface area contributed by atoms with Gasteiger partial charge in [0.1, 0.15) is 6.04 Å². The first-order valence-corrected chi connectivity index (χ1v) is 3.72. The molecule has 0 aromatic carbocycles. The SMILES string of the molecule is NC1=C([N+](=O)[O-])C(NO)C=CC1=[N+]([O-])[O-]. The second-order valence-electron chi connectivity index (χ2n) is 2.66. The minimum Gasteiger partial charge on any atom is -0.612 e. The van der Waals surface area contributed by atoms with Crippen LogP contribution in [0.4, 0.5) is 0 Å². The number of hydroxylamine groups is 1. The molecular formula is C6H7N4O5-. The van der Waals surface area contributed by atoms with Crippen LogP contribution < -0.4 is 11.2 Å². The van der Waals surface area contributed by atoms with E-state index in [-0.39, 0.29) is 0 Å². The molecule has 82 valence electrons. The minimum atomic E-state index is -1.15. The van der Waals surface area contributed by atoms with Gasteiger partial charge >= 0.3 is 0 Å². The van der Waals surface area contributed by atoms with E-state index in [0.717, 1.165) is 12.2 Å². The lowest BCUT2D eigenvalue weighted by Gasteiger charge is -2.16. The van der Waals surface area contributed by atoms with Crippen molar-refractivity contribution < 1.29 is 15.0 Å². The fourth-order valence-corrected chi connectivity index (χ4v) is 1.14. The van der Waals surface area contributed by atoms with Crippen LogP contribution in [-0.4, -0.2) is 26.8 Å². The van der Waals surface area contributed by atoms with E-state index in [9.17, 15) is 20.5 Å². The van der Waals surface area contributed by atoms with E-state index in [1.54, 1.807) is 5.48 Å². The maximum absolute atomic E-state index is 10.5. The van der Waals surface area contributed by atoms with Gasteiger partial charge in [-0.3, -0.25) is 10.1 Å². The summed E-state index contributed by atoms with van der Waals surface area (Å²) in [6, 6.07) is -1.15. The molecule has 0 aliphatic heterocycles.